The second-order valence-electron chi connectivity index (χ2n) is 7.29. The van der Waals surface area contributed by atoms with E-state index in [9.17, 15) is 9.59 Å². The Kier molecular flexibility index (Phi) is 4.92. The predicted molar refractivity (Wildman–Crippen MR) is 118 cm³/mol. The van der Waals surface area contributed by atoms with Crippen molar-refractivity contribution in [1.29, 1.82) is 0 Å². The van der Waals surface area contributed by atoms with Gasteiger partial charge in [0.2, 0.25) is 0 Å². The van der Waals surface area contributed by atoms with Crippen LogP contribution in [-0.2, 0) is 0 Å². The lowest BCUT2D eigenvalue weighted by atomic mass is 10.1. The number of amides is 2. The van der Waals surface area contributed by atoms with Crippen LogP contribution in [0.3, 0.4) is 0 Å². The standard InChI is InChI=1S/C24H18ClN3O3/c25-16-12-20-21(14-27-22(20)26-13-16)15-6-8-17(9-7-15)31-11-3-10-28-23(29)18-4-1-2-5-19(18)24(28)30/h1-2,4-9,12-14H,3,10-11H2,(H,26,27). The van der Waals surface area contributed by atoms with Gasteiger partial charge in [-0.2, -0.15) is 0 Å². The zero-order valence-electron chi connectivity index (χ0n) is 16.5. The first-order valence-electron chi connectivity index (χ1n) is 9.93. The largest absolute Gasteiger partial charge is 0.494 e. The highest BCUT2D eigenvalue weighted by Gasteiger charge is 2.34. The Morgan fingerprint density at radius 1 is 0.968 bits per heavy atom. The van der Waals surface area contributed by atoms with Crippen LogP contribution >= 0.6 is 11.6 Å². The van der Waals surface area contributed by atoms with E-state index in [2.05, 4.69) is 9.97 Å². The SMILES string of the molecule is O=C1c2ccccc2C(=O)N1CCCOc1ccc(-c2c[nH]c3ncc(Cl)cc23)cc1. The monoisotopic (exact) mass is 431 g/mol. The summed E-state index contributed by atoms with van der Waals surface area (Å²) >= 11 is 6.08. The third kappa shape index (κ3) is 3.55. The molecule has 1 aliphatic rings. The maximum absolute atomic E-state index is 12.4. The van der Waals surface area contributed by atoms with E-state index in [1.165, 1.54) is 4.90 Å². The van der Waals surface area contributed by atoms with E-state index in [-0.39, 0.29) is 11.8 Å². The summed E-state index contributed by atoms with van der Waals surface area (Å²) in [6.07, 6.45) is 4.08. The number of hydrogen-bond donors (Lipinski definition) is 1. The summed E-state index contributed by atoms with van der Waals surface area (Å²) in [7, 11) is 0. The van der Waals surface area contributed by atoms with Crippen LogP contribution in [0.25, 0.3) is 22.2 Å². The zero-order valence-corrected chi connectivity index (χ0v) is 17.2. The quantitative estimate of drug-likeness (QED) is 0.346. The third-order valence-electron chi connectivity index (χ3n) is 5.34. The summed E-state index contributed by atoms with van der Waals surface area (Å²) in [6, 6.07) is 16.5. The molecule has 0 unspecified atom stereocenters. The Morgan fingerprint density at radius 3 is 2.39 bits per heavy atom. The Labute approximate surface area is 183 Å². The van der Waals surface area contributed by atoms with Gasteiger partial charge >= 0.3 is 0 Å². The Balaban J connectivity index is 1.19. The lowest BCUT2D eigenvalue weighted by molar-refractivity contribution is 0.0647. The van der Waals surface area contributed by atoms with E-state index in [4.69, 9.17) is 16.3 Å². The molecule has 0 fully saturated rings. The number of carbonyl (C=O) groups is 2. The van der Waals surface area contributed by atoms with E-state index < -0.39 is 0 Å². The van der Waals surface area contributed by atoms with Crippen LogP contribution in [0, 0.1) is 0 Å². The van der Waals surface area contributed by atoms with Gasteiger partial charge in [0, 0.05) is 29.9 Å². The maximum Gasteiger partial charge on any atom is 0.261 e. The number of pyridine rings is 1. The molecule has 0 aliphatic carbocycles. The second-order valence-corrected chi connectivity index (χ2v) is 7.72. The van der Waals surface area contributed by atoms with Gasteiger partial charge < -0.3 is 9.72 Å². The fraction of sp³-hybridized carbons (Fsp3) is 0.125. The molecule has 0 saturated heterocycles. The summed E-state index contributed by atoms with van der Waals surface area (Å²) < 4.78 is 5.80. The van der Waals surface area contributed by atoms with Gasteiger partial charge in [0.15, 0.2) is 0 Å². The van der Waals surface area contributed by atoms with Crippen molar-refractivity contribution in [3.63, 3.8) is 0 Å². The minimum Gasteiger partial charge on any atom is -0.494 e. The van der Waals surface area contributed by atoms with E-state index in [1.54, 1.807) is 30.5 Å². The molecule has 7 heteroatoms. The number of nitrogens with one attached hydrogen (secondary N) is 1. The van der Waals surface area contributed by atoms with Crippen molar-refractivity contribution in [3.05, 3.63) is 83.1 Å². The fourth-order valence-corrected chi connectivity index (χ4v) is 3.96. The minimum absolute atomic E-state index is 0.238. The number of benzene rings is 2. The van der Waals surface area contributed by atoms with Crippen LogP contribution in [-0.4, -0.2) is 39.8 Å². The van der Waals surface area contributed by atoms with Gasteiger partial charge in [0.05, 0.1) is 22.8 Å². The summed E-state index contributed by atoms with van der Waals surface area (Å²) in [5.41, 5.74) is 3.76. The van der Waals surface area contributed by atoms with Crippen molar-refractivity contribution in [1.82, 2.24) is 14.9 Å². The van der Waals surface area contributed by atoms with E-state index in [0.29, 0.717) is 35.7 Å². The number of hydrogen-bond acceptors (Lipinski definition) is 4. The number of rotatable bonds is 6. The third-order valence-corrected chi connectivity index (χ3v) is 5.54. The highest BCUT2D eigenvalue weighted by Crippen LogP contribution is 2.30. The lowest BCUT2D eigenvalue weighted by Crippen LogP contribution is -2.31. The molecule has 1 aliphatic heterocycles. The number of aromatic amines is 1. The molecule has 1 N–H and O–H groups in total. The van der Waals surface area contributed by atoms with Gasteiger partial charge in [0.1, 0.15) is 11.4 Å². The van der Waals surface area contributed by atoms with Crippen LogP contribution in [0.2, 0.25) is 5.02 Å². The Morgan fingerprint density at radius 2 is 1.68 bits per heavy atom. The molecule has 4 aromatic rings. The van der Waals surface area contributed by atoms with Crippen molar-refractivity contribution in [2.75, 3.05) is 13.2 Å². The van der Waals surface area contributed by atoms with Crippen molar-refractivity contribution >= 4 is 34.4 Å². The lowest BCUT2D eigenvalue weighted by Gasteiger charge is -2.14. The second kappa shape index (κ2) is 7.89. The number of ether oxygens (including phenoxy) is 1. The summed E-state index contributed by atoms with van der Waals surface area (Å²) in [4.78, 5) is 33.5. The van der Waals surface area contributed by atoms with Crippen LogP contribution < -0.4 is 4.74 Å². The fourth-order valence-electron chi connectivity index (χ4n) is 3.80. The number of aromatic nitrogens is 2. The number of carbonyl (C=O) groups excluding carboxylic acids is 2. The summed E-state index contributed by atoms with van der Waals surface area (Å²) in [6.45, 7) is 0.729. The number of halogens is 1. The van der Waals surface area contributed by atoms with E-state index in [1.807, 2.05) is 36.5 Å². The molecule has 0 atom stereocenters. The Hall–Kier alpha value is -3.64. The highest BCUT2D eigenvalue weighted by molar-refractivity contribution is 6.31. The van der Waals surface area contributed by atoms with Crippen molar-refractivity contribution in [2.24, 2.45) is 0 Å². The number of fused-ring (bicyclic) bond motifs is 2. The highest BCUT2D eigenvalue weighted by atomic mass is 35.5. The topological polar surface area (TPSA) is 75.3 Å². The van der Waals surface area contributed by atoms with Gasteiger partial charge in [-0.1, -0.05) is 35.9 Å². The van der Waals surface area contributed by atoms with Crippen LogP contribution in [0.15, 0.2) is 67.0 Å². The molecule has 3 heterocycles. The molecule has 6 nitrogen and oxygen atoms in total. The molecule has 0 bridgehead atoms. The van der Waals surface area contributed by atoms with Gasteiger partial charge in [-0.05, 0) is 42.3 Å². The molecule has 0 spiro atoms. The average molecular weight is 432 g/mol. The average Bonchev–Trinajstić information content (AvgIpc) is 3.31. The van der Waals surface area contributed by atoms with Crippen molar-refractivity contribution < 1.29 is 14.3 Å². The molecule has 31 heavy (non-hydrogen) atoms. The first-order chi connectivity index (χ1) is 15.1. The summed E-state index contributed by atoms with van der Waals surface area (Å²) in [5.74, 6) is 0.249. The normalized spacial score (nSPS) is 13.1. The van der Waals surface area contributed by atoms with Crippen molar-refractivity contribution in [3.8, 4) is 16.9 Å². The molecule has 2 aromatic heterocycles. The predicted octanol–water partition coefficient (Wildman–Crippen LogP) is 4.95. The zero-order chi connectivity index (χ0) is 21.4. The van der Waals surface area contributed by atoms with Gasteiger partial charge in [0.25, 0.3) is 11.8 Å². The molecule has 0 radical (unpaired) electrons. The number of H-pyrrole nitrogens is 1. The molecular weight excluding hydrogens is 414 g/mol. The van der Waals surface area contributed by atoms with Crippen LogP contribution in [0.5, 0.6) is 5.75 Å². The van der Waals surface area contributed by atoms with Crippen LogP contribution in [0.4, 0.5) is 0 Å². The van der Waals surface area contributed by atoms with Crippen molar-refractivity contribution in [2.45, 2.75) is 6.42 Å². The minimum atomic E-state index is -0.238. The molecular formula is C24H18ClN3O3. The van der Waals surface area contributed by atoms with E-state index >= 15 is 0 Å². The molecule has 0 saturated carbocycles. The maximum atomic E-state index is 12.4. The summed E-state index contributed by atoms with van der Waals surface area (Å²) in [5, 5.41) is 1.55. The number of imide groups is 1. The van der Waals surface area contributed by atoms with Gasteiger partial charge in [-0.15, -0.1) is 0 Å². The van der Waals surface area contributed by atoms with Crippen LogP contribution in [0.1, 0.15) is 27.1 Å². The first kappa shape index (κ1) is 19.3. The van der Waals surface area contributed by atoms with E-state index in [0.717, 1.165) is 27.9 Å². The van der Waals surface area contributed by atoms with Gasteiger partial charge in [-0.3, -0.25) is 14.5 Å². The Bertz CT molecular complexity index is 1260. The van der Waals surface area contributed by atoms with Gasteiger partial charge in [-0.25, -0.2) is 4.98 Å². The molecule has 154 valence electrons. The molecule has 5 rings (SSSR count). The smallest absolute Gasteiger partial charge is 0.261 e. The molecule has 2 aromatic carbocycles. The first-order valence-corrected chi connectivity index (χ1v) is 10.3. The molecule has 2 amide bonds. The number of nitrogens with zero attached hydrogens (tertiary/aromatic N) is 2.